The molecule has 0 spiro atoms. The first kappa shape index (κ1) is 10.7. The number of nitrogens with zero attached hydrogens (tertiary/aromatic N) is 2. The first-order valence-electron chi connectivity index (χ1n) is 5.61. The van der Waals surface area contributed by atoms with Crippen molar-refractivity contribution in [3.05, 3.63) is 29.8 Å². The number of hydrogen-bond donors (Lipinski definition) is 1. The molecule has 0 aliphatic rings. The maximum atomic E-state index is 5.80. The Kier molecular flexibility index (Phi) is 2.95. The first-order valence-corrected chi connectivity index (χ1v) is 5.61. The fourth-order valence-electron chi connectivity index (χ4n) is 1.83. The first-order chi connectivity index (χ1) is 7.74. The summed E-state index contributed by atoms with van der Waals surface area (Å²) in [5.41, 5.74) is 9.04. The largest absolute Gasteiger partial charge is 0.369 e. The van der Waals surface area contributed by atoms with Gasteiger partial charge in [0.1, 0.15) is 0 Å². The van der Waals surface area contributed by atoms with Gasteiger partial charge in [-0.25, -0.2) is 4.98 Å². The summed E-state index contributed by atoms with van der Waals surface area (Å²) in [6, 6.07) is 6.10. The number of anilines is 1. The minimum Gasteiger partial charge on any atom is -0.369 e. The molecule has 3 heteroatoms. The van der Waals surface area contributed by atoms with Gasteiger partial charge in [0, 0.05) is 12.6 Å². The molecule has 0 unspecified atom stereocenters. The van der Waals surface area contributed by atoms with E-state index >= 15 is 0 Å². The zero-order valence-corrected chi connectivity index (χ0v) is 9.77. The van der Waals surface area contributed by atoms with Gasteiger partial charge >= 0.3 is 0 Å². The minimum atomic E-state index is 0.561. The average Bonchev–Trinajstić information content (AvgIpc) is 2.56. The summed E-state index contributed by atoms with van der Waals surface area (Å²) in [6.45, 7) is 2.17. The van der Waals surface area contributed by atoms with Crippen molar-refractivity contribution in [2.75, 3.05) is 5.73 Å². The molecule has 2 aromatic rings. The highest BCUT2D eigenvalue weighted by molar-refractivity contribution is 5.87. The predicted molar refractivity (Wildman–Crippen MR) is 69.1 cm³/mol. The van der Waals surface area contributed by atoms with Crippen LogP contribution in [0.15, 0.2) is 24.3 Å². The molecule has 3 nitrogen and oxygen atoms in total. The molecular weight excluding hydrogens is 198 g/mol. The fourth-order valence-corrected chi connectivity index (χ4v) is 1.83. The molecule has 2 N–H and O–H groups in total. The van der Waals surface area contributed by atoms with Crippen LogP contribution in [0, 0.1) is 0 Å². The Bertz CT molecular complexity index is 523. The van der Waals surface area contributed by atoms with Gasteiger partial charge in [-0.05, 0) is 12.5 Å². The summed E-state index contributed by atoms with van der Waals surface area (Å²) < 4.78 is 1.93. The Hall–Kier alpha value is -1.77. The lowest BCUT2D eigenvalue weighted by Crippen LogP contribution is -1.97. The van der Waals surface area contributed by atoms with Crippen molar-refractivity contribution >= 4 is 23.1 Å². The molecule has 1 heterocycles. The summed E-state index contributed by atoms with van der Waals surface area (Å²) in [7, 11) is 1.95. The number of para-hydroxylation sites is 1. The second-order valence-electron chi connectivity index (χ2n) is 3.94. The normalized spacial score (nSPS) is 11.6. The highest BCUT2D eigenvalue weighted by Gasteiger charge is 2.06. The van der Waals surface area contributed by atoms with Crippen LogP contribution in [0.3, 0.4) is 0 Å². The summed E-state index contributed by atoms with van der Waals surface area (Å²) in [4.78, 5) is 4.31. The number of rotatable bonds is 3. The van der Waals surface area contributed by atoms with Crippen LogP contribution in [0.5, 0.6) is 0 Å². The van der Waals surface area contributed by atoms with Gasteiger partial charge in [-0.3, -0.25) is 0 Å². The quantitative estimate of drug-likeness (QED) is 0.855. The average molecular weight is 215 g/mol. The van der Waals surface area contributed by atoms with Crippen molar-refractivity contribution in [1.82, 2.24) is 9.55 Å². The second-order valence-corrected chi connectivity index (χ2v) is 3.94. The Labute approximate surface area is 95.6 Å². The van der Waals surface area contributed by atoms with E-state index in [2.05, 4.69) is 30.1 Å². The third kappa shape index (κ3) is 1.81. The fraction of sp³-hybridized carbons (Fsp3) is 0.308. The summed E-state index contributed by atoms with van der Waals surface area (Å²) >= 11 is 0. The van der Waals surface area contributed by atoms with E-state index in [9.17, 15) is 0 Å². The molecule has 84 valence electrons. The van der Waals surface area contributed by atoms with E-state index in [1.165, 1.54) is 12.0 Å². The van der Waals surface area contributed by atoms with Gasteiger partial charge in [-0.2, -0.15) is 0 Å². The van der Waals surface area contributed by atoms with Crippen molar-refractivity contribution in [1.29, 1.82) is 0 Å². The van der Waals surface area contributed by atoms with Gasteiger partial charge in [0.25, 0.3) is 0 Å². The molecule has 0 aliphatic carbocycles. The summed E-state index contributed by atoms with van der Waals surface area (Å²) in [5.74, 6) is 0.561. The molecule has 0 aliphatic heterocycles. The van der Waals surface area contributed by atoms with Gasteiger partial charge in [-0.15, -0.1) is 0 Å². The van der Waals surface area contributed by atoms with E-state index in [1.807, 2.05) is 23.7 Å². The SMILES string of the molecule is CCC/C=C/c1cccc2nc(N)n(C)c12. The van der Waals surface area contributed by atoms with Crippen molar-refractivity contribution in [3.63, 3.8) is 0 Å². The van der Waals surface area contributed by atoms with Gasteiger partial charge in [0.2, 0.25) is 5.95 Å². The third-order valence-electron chi connectivity index (χ3n) is 2.71. The van der Waals surface area contributed by atoms with E-state index in [0.29, 0.717) is 5.95 Å². The van der Waals surface area contributed by atoms with E-state index in [1.54, 1.807) is 0 Å². The maximum absolute atomic E-state index is 5.80. The highest BCUT2D eigenvalue weighted by Crippen LogP contribution is 2.21. The predicted octanol–water partition coefficient (Wildman–Crippen LogP) is 2.97. The van der Waals surface area contributed by atoms with Gasteiger partial charge in [0.05, 0.1) is 11.0 Å². The highest BCUT2D eigenvalue weighted by atomic mass is 15.1. The zero-order valence-electron chi connectivity index (χ0n) is 9.77. The molecule has 0 saturated carbocycles. The lowest BCUT2D eigenvalue weighted by atomic mass is 10.1. The van der Waals surface area contributed by atoms with Crippen LogP contribution >= 0.6 is 0 Å². The van der Waals surface area contributed by atoms with Crippen LogP contribution in [-0.2, 0) is 7.05 Å². The molecule has 0 radical (unpaired) electrons. The lowest BCUT2D eigenvalue weighted by Gasteiger charge is -2.00. The molecule has 2 rings (SSSR count). The third-order valence-corrected chi connectivity index (χ3v) is 2.71. The van der Waals surface area contributed by atoms with Crippen LogP contribution in [0.25, 0.3) is 17.1 Å². The number of nitrogen functional groups attached to an aromatic ring is 1. The van der Waals surface area contributed by atoms with Crippen molar-refractivity contribution < 1.29 is 0 Å². The second kappa shape index (κ2) is 4.39. The molecule has 0 bridgehead atoms. The van der Waals surface area contributed by atoms with Crippen molar-refractivity contribution in [3.8, 4) is 0 Å². The van der Waals surface area contributed by atoms with Gasteiger partial charge in [-0.1, -0.05) is 37.6 Å². The zero-order chi connectivity index (χ0) is 11.5. The number of allylic oxidation sites excluding steroid dienone is 1. The van der Waals surface area contributed by atoms with Crippen LogP contribution in [0.4, 0.5) is 5.95 Å². The van der Waals surface area contributed by atoms with E-state index in [4.69, 9.17) is 5.73 Å². The van der Waals surface area contributed by atoms with E-state index in [0.717, 1.165) is 17.5 Å². The van der Waals surface area contributed by atoms with Crippen LogP contribution in [0.2, 0.25) is 0 Å². The number of imidazole rings is 1. The number of aromatic nitrogens is 2. The van der Waals surface area contributed by atoms with Gasteiger partial charge in [0.15, 0.2) is 0 Å². The smallest absolute Gasteiger partial charge is 0.200 e. The number of nitrogens with two attached hydrogens (primary N) is 1. The lowest BCUT2D eigenvalue weighted by molar-refractivity contribution is 0.959. The summed E-state index contributed by atoms with van der Waals surface area (Å²) in [5, 5.41) is 0. The minimum absolute atomic E-state index is 0.561. The molecule has 0 atom stereocenters. The van der Waals surface area contributed by atoms with Crippen LogP contribution in [0.1, 0.15) is 25.3 Å². The van der Waals surface area contributed by atoms with E-state index < -0.39 is 0 Å². The summed E-state index contributed by atoms with van der Waals surface area (Å²) in [6.07, 6.45) is 6.61. The molecule has 16 heavy (non-hydrogen) atoms. The number of aryl methyl sites for hydroxylation is 1. The van der Waals surface area contributed by atoms with Gasteiger partial charge < -0.3 is 10.3 Å². The molecular formula is C13H17N3. The standard InChI is InChI=1S/C13H17N3/c1-3-4-5-7-10-8-6-9-11-12(10)16(2)13(14)15-11/h5-9H,3-4H2,1-2H3,(H2,14,15)/b7-5+. The Morgan fingerprint density at radius 1 is 1.44 bits per heavy atom. The van der Waals surface area contributed by atoms with E-state index in [-0.39, 0.29) is 0 Å². The van der Waals surface area contributed by atoms with Crippen molar-refractivity contribution in [2.45, 2.75) is 19.8 Å². The molecule has 1 aromatic carbocycles. The molecule has 1 aromatic heterocycles. The Morgan fingerprint density at radius 2 is 2.25 bits per heavy atom. The number of unbranched alkanes of at least 4 members (excludes halogenated alkanes) is 1. The molecule has 0 saturated heterocycles. The Balaban J connectivity index is 2.52. The maximum Gasteiger partial charge on any atom is 0.200 e. The monoisotopic (exact) mass is 215 g/mol. The van der Waals surface area contributed by atoms with Crippen molar-refractivity contribution in [2.24, 2.45) is 7.05 Å². The number of fused-ring (bicyclic) bond motifs is 1. The van der Waals surface area contributed by atoms with Crippen LogP contribution < -0.4 is 5.73 Å². The molecule has 0 amide bonds. The van der Waals surface area contributed by atoms with Crippen LogP contribution in [-0.4, -0.2) is 9.55 Å². The molecule has 0 fully saturated rings. The Morgan fingerprint density at radius 3 is 3.00 bits per heavy atom. The topological polar surface area (TPSA) is 43.8 Å². The number of benzene rings is 1. The number of hydrogen-bond acceptors (Lipinski definition) is 2.